The molecule has 3 aromatic rings. The Hall–Kier alpha value is -3.98. The van der Waals surface area contributed by atoms with E-state index < -0.39 is 54.5 Å². The standard InChI is InChI=1S/C24H27N5O9S/c1-12(30)34-10-19-20(35-13(2)31)21(36-14(3)32)22(37-15(4)33)23(38-19)29-9-16(27-28-29)11-39-24-25-17-7-5-6-8-18(17)26-24/h5-9,19-23H,10-11H2,1-4H3,(H,25,26)/t19-,20-,21+,22-,23-/m1/s1. The lowest BCUT2D eigenvalue weighted by molar-refractivity contribution is -0.270. The van der Waals surface area contributed by atoms with Crippen LogP contribution in [-0.4, -0.2) is 79.9 Å². The number of aromatic amines is 1. The molecule has 3 heterocycles. The molecule has 5 atom stereocenters. The van der Waals surface area contributed by atoms with Gasteiger partial charge in [0.05, 0.1) is 22.9 Å². The zero-order chi connectivity index (χ0) is 28.1. The zero-order valence-electron chi connectivity index (χ0n) is 21.6. The number of aromatic nitrogens is 5. The summed E-state index contributed by atoms with van der Waals surface area (Å²) in [6, 6.07) is 7.63. The Balaban J connectivity index is 1.60. The molecule has 0 bridgehead atoms. The monoisotopic (exact) mass is 561 g/mol. The van der Waals surface area contributed by atoms with Crippen LogP contribution >= 0.6 is 11.8 Å². The predicted octanol–water partition coefficient (Wildman–Crippen LogP) is 1.70. The molecule has 208 valence electrons. The molecule has 14 nitrogen and oxygen atoms in total. The maximum atomic E-state index is 12.0. The molecule has 1 saturated heterocycles. The van der Waals surface area contributed by atoms with Crippen LogP contribution < -0.4 is 0 Å². The SMILES string of the molecule is CC(=O)OC[C@H]1O[C@@H](n2cc(CSc3nc4ccccc4[nH]3)nn2)[C@H](OC(C)=O)[C@@H](OC(C)=O)[C@@H]1OC(C)=O. The van der Waals surface area contributed by atoms with Gasteiger partial charge in [-0.3, -0.25) is 19.2 Å². The molecule has 4 rings (SSSR count). The molecule has 1 fully saturated rings. The van der Waals surface area contributed by atoms with E-state index in [0.29, 0.717) is 16.6 Å². The number of carbonyl (C=O) groups is 4. The molecule has 1 aliphatic heterocycles. The lowest BCUT2D eigenvalue weighted by Crippen LogP contribution is -2.60. The minimum atomic E-state index is -1.30. The fourth-order valence-corrected chi connectivity index (χ4v) is 4.82. The third kappa shape index (κ3) is 7.11. The Bertz CT molecular complexity index is 1330. The second-order valence-corrected chi connectivity index (χ2v) is 9.59. The second kappa shape index (κ2) is 12.3. The van der Waals surface area contributed by atoms with Gasteiger partial charge in [0.25, 0.3) is 0 Å². The van der Waals surface area contributed by atoms with Gasteiger partial charge >= 0.3 is 23.9 Å². The first-order valence-electron chi connectivity index (χ1n) is 11.9. The Morgan fingerprint density at radius 3 is 2.28 bits per heavy atom. The molecular weight excluding hydrogens is 534 g/mol. The number of nitrogens with one attached hydrogen (secondary N) is 1. The Morgan fingerprint density at radius 2 is 1.62 bits per heavy atom. The summed E-state index contributed by atoms with van der Waals surface area (Å²) >= 11 is 1.41. The van der Waals surface area contributed by atoms with Crippen LogP contribution in [0.2, 0.25) is 0 Å². The number of hydrogen-bond acceptors (Lipinski definition) is 13. The summed E-state index contributed by atoms with van der Waals surface area (Å²) in [5.41, 5.74) is 2.29. The summed E-state index contributed by atoms with van der Waals surface area (Å²) in [4.78, 5) is 55.2. The van der Waals surface area contributed by atoms with E-state index in [9.17, 15) is 19.2 Å². The quantitative estimate of drug-likeness (QED) is 0.227. The van der Waals surface area contributed by atoms with Crippen molar-refractivity contribution >= 4 is 46.7 Å². The van der Waals surface area contributed by atoms with E-state index in [1.165, 1.54) is 30.3 Å². The van der Waals surface area contributed by atoms with Crippen molar-refractivity contribution in [1.82, 2.24) is 25.0 Å². The van der Waals surface area contributed by atoms with E-state index in [1.54, 1.807) is 6.20 Å². The zero-order valence-corrected chi connectivity index (χ0v) is 22.4. The smallest absolute Gasteiger partial charge is 0.303 e. The van der Waals surface area contributed by atoms with Gasteiger partial charge in [0.15, 0.2) is 29.7 Å². The summed E-state index contributed by atoms with van der Waals surface area (Å²) in [7, 11) is 0. The van der Waals surface area contributed by atoms with Crippen molar-refractivity contribution in [2.75, 3.05) is 6.61 Å². The molecule has 0 radical (unpaired) electrons. The Morgan fingerprint density at radius 1 is 0.949 bits per heavy atom. The highest BCUT2D eigenvalue weighted by Crippen LogP contribution is 2.34. The number of carbonyl (C=O) groups excluding carboxylic acids is 4. The average molecular weight is 562 g/mol. The molecular formula is C24H27N5O9S. The van der Waals surface area contributed by atoms with Crippen molar-refractivity contribution in [3.63, 3.8) is 0 Å². The van der Waals surface area contributed by atoms with Crippen molar-refractivity contribution in [2.45, 2.75) is 69.2 Å². The highest BCUT2D eigenvalue weighted by atomic mass is 32.2. The lowest BCUT2D eigenvalue weighted by Gasteiger charge is -2.44. The Labute approximate surface area is 226 Å². The van der Waals surface area contributed by atoms with E-state index in [0.717, 1.165) is 24.9 Å². The van der Waals surface area contributed by atoms with Crippen LogP contribution in [0.15, 0.2) is 35.6 Å². The summed E-state index contributed by atoms with van der Waals surface area (Å²) < 4.78 is 28.8. The molecule has 1 N–H and O–H groups in total. The number of esters is 4. The Kier molecular flexibility index (Phi) is 8.81. The van der Waals surface area contributed by atoms with Crippen LogP contribution in [0.4, 0.5) is 0 Å². The van der Waals surface area contributed by atoms with E-state index in [1.807, 2.05) is 24.3 Å². The molecule has 2 aromatic heterocycles. The van der Waals surface area contributed by atoms with E-state index in [4.69, 9.17) is 23.7 Å². The number of H-pyrrole nitrogens is 1. The lowest BCUT2D eigenvalue weighted by atomic mass is 9.97. The largest absolute Gasteiger partial charge is 0.463 e. The number of para-hydroxylation sites is 2. The minimum absolute atomic E-state index is 0.336. The van der Waals surface area contributed by atoms with Gasteiger partial charge in [-0.15, -0.1) is 5.10 Å². The van der Waals surface area contributed by atoms with Crippen molar-refractivity contribution in [1.29, 1.82) is 0 Å². The number of rotatable bonds is 9. The van der Waals surface area contributed by atoms with E-state index in [2.05, 4.69) is 20.3 Å². The topological polar surface area (TPSA) is 174 Å². The van der Waals surface area contributed by atoms with Crippen LogP contribution in [0.25, 0.3) is 11.0 Å². The highest BCUT2D eigenvalue weighted by Gasteiger charge is 2.53. The van der Waals surface area contributed by atoms with Gasteiger partial charge in [-0.05, 0) is 12.1 Å². The van der Waals surface area contributed by atoms with Crippen molar-refractivity contribution < 1.29 is 42.9 Å². The normalized spacial score (nSPS) is 22.7. The van der Waals surface area contributed by atoms with Gasteiger partial charge in [0.1, 0.15) is 12.7 Å². The number of nitrogens with zero attached hydrogens (tertiary/aromatic N) is 4. The van der Waals surface area contributed by atoms with Crippen LogP contribution in [0.1, 0.15) is 39.6 Å². The first-order chi connectivity index (χ1) is 18.6. The van der Waals surface area contributed by atoms with Crippen molar-refractivity contribution in [3.05, 3.63) is 36.2 Å². The third-order valence-corrected chi connectivity index (χ3v) is 6.42. The number of fused-ring (bicyclic) bond motifs is 1. The minimum Gasteiger partial charge on any atom is -0.463 e. The number of imidazole rings is 1. The fourth-order valence-electron chi connectivity index (χ4n) is 4.06. The van der Waals surface area contributed by atoms with Crippen LogP contribution in [-0.2, 0) is 48.6 Å². The number of thioether (sulfide) groups is 1. The average Bonchev–Trinajstić information content (AvgIpc) is 3.50. The van der Waals surface area contributed by atoms with Crippen LogP contribution in [0.3, 0.4) is 0 Å². The van der Waals surface area contributed by atoms with Crippen LogP contribution in [0.5, 0.6) is 0 Å². The third-order valence-electron chi connectivity index (χ3n) is 5.51. The number of hydrogen-bond donors (Lipinski definition) is 1. The van der Waals surface area contributed by atoms with E-state index in [-0.39, 0.29) is 6.61 Å². The van der Waals surface area contributed by atoms with Gasteiger partial charge in [-0.1, -0.05) is 29.1 Å². The van der Waals surface area contributed by atoms with Gasteiger partial charge in [0, 0.05) is 33.4 Å². The van der Waals surface area contributed by atoms with Crippen molar-refractivity contribution in [3.8, 4) is 0 Å². The molecule has 0 saturated carbocycles. The molecule has 0 spiro atoms. The molecule has 1 aromatic carbocycles. The van der Waals surface area contributed by atoms with Gasteiger partial charge in [-0.2, -0.15) is 0 Å². The first-order valence-corrected chi connectivity index (χ1v) is 12.9. The molecule has 0 amide bonds. The summed E-state index contributed by atoms with van der Waals surface area (Å²) in [5, 5.41) is 9.00. The van der Waals surface area contributed by atoms with Gasteiger partial charge < -0.3 is 28.7 Å². The predicted molar refractivity (Wildman–Crippen MR) is 133 cm³/mol. The number of ether oxygens (including phenoxy) is 5. The fraction of sp³-hybridized carbons (Fsp3) is 0.458. The second-order valence-electron chi connectivity index (χ2n) is 8.63. The summed E-state index contributed by atoms with van der Waals surface area (Å²) in [6.45, 7) is 4.35. The summed E-state index contributed by atoms with van der Waals surface area (Å²) in [5.74, 6) is -2.34. The summed E-state index contributed by atoms with van der Waals surface area (Å²) in [6.07, 6.45) is -4.50. The molecule has 0 aliphatic carbocycles. The van der Waals surface area contributed by atoms with Crippen molar-refractivity contribution in [2.24, 2.45) is 0 Å². The molecule has 1 aliphatic rings. The van der Waals surface area contributed by atoms with Crippen LogP contribution in [0, 0.1) is 0 Å². The first kappa shape index (κ1) is 28.0. The molecule has 39 heavy (non-hydrogen) atoms. The maximum Gasteiger partial charge on any atom is 0.303 e. The highest BCUT2D eigenvalue weighted by molar-refractivity contribution is 7.98. The van der Waals surface area contributed by atoms with E-state index >= 15 is 0 Å². The van der Waals surface area contributed by atoms with Gasteiger partial charge in [-0.25, -0.2) is 9.67 Å². The number of benzene rings is 1. The molecule has 15 heteroatoms. The van der Waals surface area contributed by atoms with Gasteiger partial charge in [0.2, 0.25) is 0 Å². The maximum absolute atomic E-state index is 12.0. The molecule has 0 unspecified atom stereocenters.